The fourth-order valence-corrected chi connectivity index (χ4v) is 1.00. The summed E-state index contributed by atoms with van der Waals surface area (Å²) in [5, 5.41) is 8.72. The van der Waals surface area contributed by atoms with Gasteiger partial charge in [-0.05, 0) is 0 Å². The number of carbonyl (C=O) groups excluding carboxylic acids is 1. The Bertz CT molecular complexity index is 341. The minimum absolute atomic E-state index is 0.125. The van der Waals surface area contributed by atoms with Crippen molar-refractivity contribution in [1.29, 1.82) is 0 Å². The van der Waals surface area contributed by atoms with Gasteiger partial charge in [0.1, 0.15) is 10.7 Å². The molecule has 4 nitrogen and oxygen atoms in total. The van der Waals surface area contributed by atoms with Crippen LogP contribution in [0.15, 0.2) is 6.20 Å². The van der Waals surface area contributed by atoms with Gasteiger partial charge in [0.05, 0.1) is 11.2 Å². The number of pyridine rings is 1. The van der Waals surface area contributed by atoms with Gasteiger partial charge in [0.2, 0.25) is 0 Å². The molecule has 0 saturated heterocycles. The predicted octanol–water partition coefficient (Wildman–Crippen LogP) is 1.19. The standard InChI is InChI=1S/C6H4Cl2N2O2/c7-3-2(11)1-10-5(4(3)8)6(9)12/h1,11H,(H2,9,12). The third-order valence-electron chi connectivity index (χ3n) is 1.17. The molecule has 1 heterocycles. The Kier molecular flexibility index (Phi) is 2.40. The van der Waals surface area contributed by atoms with Crippen LogP contribution in [0.2, 0.25) is 10.0 Å². The first kappa shape index (κ1) is 9.09. The van der Waals surface area contributed by atoms with Crippen molar-refractivity contribution in [2.24, 2.45) is 5.73 Å². The average Bonchev–Trinajstić information content (AvgIpc) is 2.00. The number of aromatic nitrogens is 1. The van der Waals surface area contributed by atoms with Crippen LogP contribution < -0.4 is 5.73 Å². The first-order valence-electron chi connectivity index (χ1n) is 2.86. The lowest BCUT2D eigenvalue weighted by molar-refractivity contribution is 0.0995. The van der Waals surface area contributed by atoms with E-state index in [1.165, 1.54) is 0 Å². The summed E-state index contributed by atoms with van der Waals surface area (Å²) < 4.78 is 0. The number of primary amides is 1. The van der Waals surface area contributed by atoms with E-state index in [-0.39, 0.29) is 21.5 Å². The van der Waals surface area contributed by atoms with Gasteiger partial charge in [0, 0.05) is 0 Å². The minimum Gasteiger partial charge on any atom is -0.505 e. The summed E-state index contributed by atoms with van der Waals surface area (Å²) in [7, 11) is 0. The van der Waals surface area contributed by atoms with Crippen LogP contribution in [0.25, 0.3) is 0 Å². The van der Waals surface area contributed by atoms with Crippen molar-refractivity contribution in [3.05, 3.63) is 21.9 Å². The maximum atomic E-state index is 10.6. The Balaban J connectivity index is 3.36. The van der Waals surface area contributed by atoms with Crippen molar-refractivity contribution in [1.82, 2.24) is 4.98 Å². The topological polar surface area (TPSA) is 76.2 Å². The molecule has 0 unspecified atom stereocenters. The van der Waals surface area contributed by atoms with Crippen molar-refractivity contribution in [3.8, 4) is 5.75 Å². The first-order chi connectivity index (χ1) is 5.54. The molecule has 0 aliphatic carbocycles. The fraction of sp³-hybridized carbons (Fsp3) is 0. The number of aromatic hydroxyl groups is 1. The van der Waals surface area contributed by atoms with Gasteiger partial charge in [-0.2, -0.15) is 0 Å². The van der Waals surface area contributed by atoms with Crippen molar-refractivity contribution in [3.63, 3.8) is 0 Å². The Labute approximate surface area is 77.9 Å². The van der Waals surface area contributed by atoms with E-state index < -0.39 is 5.91 Å². The Morgan fingerprint density at radius 1 is 1.50 bits per heavy atom. The second kappa shape index (κ2) is 3.16. The summed E-state index contributed by atoms with van der Waals surface area (Å²) in [5.41, 5.74) is 4.75. The highest BCUT2D eigenvalue weighted by Crippen LogP contribution is 2.31. The molecule has 1 aromatic rings. The minimum atomic E-state index is -0.790. The summed E-state index contributed by atoms with van der Waals surface area (Å²) in [6, 6.07) is 0. The third-order valence-corrected chi connectivity index (χ3v) is 2.02. The van der Waals surface area contributed by atoms with E-state index in [0.717, 1.165) is 6.20 Å². The van der Waals surface area contributed by atoms with E-state index in [0.29, 0.717) is 0 Å². The number of rotatable bonds is 1. The normalized spacial score (nSPS) is 9.83. The molecule has 0 radical (unpaired) electrons. The molecule has 1 aromatic heterocycles. The fourth-order valence-electron chi connectivity index (χ4n) is 0.627. The van der Waals surface area contributed by atoms with Gasteiger partial charge in [0.25, 0.3) is 5.91 Å². The quantitative estimate of drug-likeness (QED) is 0.726. The van der Waals surface area contributed by atoms with Gasteiger partial charge < -0.3 is 10.8 Å². The van der Waals surface area contributed by atoms with Crippen LogP contribution in [0.5, 0.6) is 5.75 Å². The lowest BCUT2D eigenvalue weighted by Gasteiger charge is -2.01. The number of halogens is 2. The van der Waals surface area contributed by atoms with Crippen molar-refractivity contribution in [2.45, 2.75) is 0 Å². The molecule has 1 rings (SSSR count). The van der Waals surface area contributed by atoms with E-state index in [9.17, 15) is 4.79 Å². The molecule has 0 bridgehead atoms. The van der Waals surface area contributed by atoms with Gasteiger partial charge in [-0.1, -0.05) is 23.2 Å². The van der Waals surface area contributed by atoms with Crippen molar-refractivity contribution >= 4 is 29.1 Å². The number of carbonyl (C=O) groups is 1. The highest BCUT2D eigenvalue weighted by Gasteiger charge is 2.14. The number of nitrogens with zero attached hydrogens (tertiary/aromatic N) is 1. The van der Waals surface area contributed by atoms with Crippen LogP contribution in [0.3, 0.4) is 0 Å². The van der Waals surface area contributed by atoms with Crippen LogP contribution in [0.4, 0.5) is 0 Å². The zero-order valence-electron chi connectivity index (χ0n) is 5.71. The summed E-state index contributed by atoms with van der Waals surface area (Å²) in [6.07, 6.45) is 1.01. The second-order valence-electron chi connectivity index (χ2n) is 1.98. The zero-order valence-corrected chi connectivity index (χ0v) is 7.23. The van der Waals surface area contributed by atoms with Crippen LogP contribution in [0.1, 0.15) is 10.5 Å². The maximum absolute atomic E-state index is 10.6. The highest BCUT2D eigenvalue weighted by molar-refractivity contribution is 6.44. The summed E-state index contributed by atoms with van der Waals surface area (Å²) in [4.78, 5) is 14.1. The smallest absolute Gasteiger partial charge is 0.268 e. The highest BCUT2D eigenvalue weighted by atomic mass is 35.5. The van der Waals surface area contributed by atoms with Gasteiger partial charge >= 0.3 is 0 Å². The molecule has 0 aromatic carbocycles. The van der Waals surface area contributed by atoms with E-state index in [4.69, 9.17) is 34.0 Å². The average molecular weight is 207 g/mol. The van der Waals surface area contributed by atoms with Gasteiger partial charge in [0.15, 0.2) is 5.75 Å². The second-order valence-corrected chi connectivity index (χ2v) is 2.74. The molecular formula is C6H4Cl2N2O2. The Hall–Kier alpha value is -1.00. The number of hydrogen-bond acceptors (Lipinski definition) is 3. The number of nitrogens with two attached hydrogens (primary N) is 1. The third kappa shape index (κ3) is 1.44. The van der Waals surface area contributed by atoms with Crippen LogP contribution >= 0.6 is 23.2 Å². The molecule has 6 heteroatoms. The van der Waals surface area contributed by atoms with Crippen molar-refractivity contribution in [2.75, 3.05) is 0 Å². The lowest BCUT2D eigenvalue weighted by atomic mass is 10.3. The Morgan fingerprint density at radius 3 is 2.58 bits per heavy atom. The van der Waals surface area contributed by atoms with Gasteiger partial charge in [-0.3, -0.25) is 4.79 Å². The van der Waals surface area contributed by atoms with Crippen molar-refractivity contribution < 1.29 is 9.90 Å². The van der Waals surface area contributed by atoms with Gasteiger partial charge in [-0.25, -0.2) is 4.98 Å². The van der Waals surface area contributed by atoms with Crippen LogP contribution in [-0.2, 0) is 0 Å². The molecule has 3 N–H and O–H groups in total. The molecule has 64 valence electrons. The number of amides is 1. The van der Waals surface area contributed by atoms with E-state index >= 15 is 0 Å². The molecule has 0 spiro atoms. The molecular weight excluding hydrogens is 203 g/mol. The summed E-state index contributed by atoms with van der Waals surface area (Å²) >= 11 is 11.0. The van der Waals surface area contributed by atoms with E-state index in [2.05, 4.69) is 4.98 Å². The van der Waals surface area contributed by atoms with Crippen LogP contribution in [0, 0.1) is 0 Å². The predicted molar refractivity (Wildman–Crippen MR) is 44.4 cm³/mol. The van der Waals surface area contributed by atoms with E-state index in [1.54, 1.807) is 0 Å². The number of hydrogen-bond donors (Lipinski definition) is 2. The van der Waals surface area contributed by atoms with Gasteiger partial charge in [-0.15, -0.1) is 0 Å². The Morgan fingerprint density at radius 2 is 2.08 bits per heavy atom. The van der Waals surface area contributed by atoms with E-state index in [1.807, 2.05) is 0 Å². The lowest BCUT2D eigenvalue weighted by Crippen LogP contribution is -2.13. The van der Waals surface area contributed by atoms with Crippen LogP contribution in [-0.4, -0.2) is 16.0 Å². The molecule has 0 saturated carbocycles. The molecule has 12 heavy (non-hydrogen) atoms. The molecule has 1 amide bonds. The summed E-state index contributed by atoms with van der Waals surface area (Å²) in [6.45, 7) is 0. The summed E-state index contributed by atoms with van der Waals surface area (Å²) in [5.74, 6) is -1.08. The SMILES string of the molecule is NC(=O)c1ncc(O)c(Cl)c1Cl. The molecule has 0 atom stereocenters. The molecule has 0 fully saturated rings. The first-order valence-corrected chi connectivity index (χ1v) is 3.62. The molecule has 0 aliphatic heterocycles. The zero-order chi connectivity index (χ0) is 9.30. The largest absolute Gasteiger partial charge is 0.505 e. The monoisotopic (exact) mass is 206 g/mol. The molecule has 0 aliphatic rings. The maximum Gasteiger partial charge on any atom is 0.268 e.